The molecule has 0 saturated carbocycles. The number of rotatable bonds is 1. The highest BCUT2D eigenvalue weighted by Gasteiger charge is 2.24. The first-order valence-corrected chi connectivity index (χ1v) is 7.27. The molecule has 1 aliphatic heterocycles. The molecule has 3 aromatic rings. The second kappa shape index (κ2) is 4.97. The van der Waals surface area contributed by atoms with Gasteiger partial charge in [-0.2, -0.15) is 0 Å². The van der Waals surface area contributed by atoms with E-state index in [2.05, 4.69) is 10.3 Å². The molecule has 2 aromatic carbocycles. The first-order valence-electron chi connectivity index (χ1n) is 6.89. The summed E-state index contributed by atoms with van der Waals surface area (Å²) in [7, 11) is 0. The Hall–Kier alpha value is -2.65. The van der Waals surface area contributed by atoms with E-state index in [-0.39, 0.29) is 5.91 Å². The minimum atomic E-state index is -0.113. The molecule has 1 aromatic heterocycles. The zero-order valence-electron chi connectivity index (χ0n) is 11.5. The number of nitrogens with one attached hydrogen (secondary N) is 1. The van der Waals surface area contributed by atoms with Gasteiger partial charge in [-0.1, -0.05) is 35.9 Å². The van der Waals surface area contributed by atoms with Gasteiger partial charge in [0.2, 0.25) is 0 Å². The van der Waals surface area contributed by atoms with Gasteiger partial charge in [-0.25, -0.2) is 0 Å². The second-order valence-corrected chi connectivity index (χ2v) is 5.56. The van der Waals surface area contributed by atoms with Crippen LogP contribution in [0.25, 0.3) is 22.6 Å². The van der Waals surface area contributed by atoms with Gasteiger partial charge in [0.05, 0.1) is 11.2 Å². The molecule has 0 bridgehead atoms. The highest BCUT2D eigenvalue weighted by Crippen LogP contribution is 2.35. The van der Waals surface area contributed by atoms with E-state index < -0.39 is 0 Å². The largest absolute Gasteiger partial charge is 0.321 e. The number of amides is 1. The van der Waals surface area contributed by atoms with Crippen molar-refractivity contribution < 1.29 is 4.79 Å². The third-order valence-electron chi connectivity index (χ3n) is 3.75. The van der Waals surface area contributed by atoms with Crippen molar-refractivity contribution in [2.75, 3.05) is 5.32 Å². The molecule has 1 amide bonds. The maximum absolute atomic E-state index is 12.2. The molecule has 0 spiro atoms. The number of carbonyl (C=O) groups excluding carboxylic acids is 1. The average molecular weight is 307 g/mol. The van der Waals surface area contributed by atoms with Gasteiger partial charge in [-0.05, 0) is 35.9 Å². The highest BCUT2D eigenvalue weighted by atomic mass is 35.5. The van der Waals surface area contributed by atoms with E-state index >= 15 is 0 Å². The van der Waals surface area contributed by atoms with Crippen LogP contribution in [0.1, 0.15) is 11.1 Å². The third-order valence-corrected chi connectivity index (χ3v) is 3.98. The molecule has 3 nitrogen and oxygen atoms in total. The van der Waals surface area contributed by atoms with Crippen molar-refractivity contribution in [1.82, 2.24) is 4.98 Å². The predicted molar refractivity (Wildman–Crippen MR) is 89.7 cm³/mol. The summed E-state index contributed by atoms with van der Waals surface area (Å²) in [4.78, 5) is 16.6. The minimum Gasteiger partial charge on any atom is -0.321 e. The first-order chi connectivity index (χ1) is 10.7. The summed E-state index contributed by atoms with van der Waals surface area (Å²) >= 11 is 5.98. The standard InChI is InChI=1S/C18H11ClN2O/c19-12-5-6-14-15(18(22)21-17(14)10-12)9-11-7-8-20-16-4-2-1-3-13(11)16/h1-10H,(H,21,22)/b15-9-. The van der Waals surface area contributed by atoms with Crippen LogP contribution in [0.3, 0.4) is 0 Å². The average Bonchev–Trinajstić information content (AvgIpc) is 2.83. The van der Waals surface area contributed by atoms with Crippen LogP contribution < -0.4 is 5.32 Å². The number of pyridine rings is 1. The van der Waals surface area contributed by atoms with Crippen molar-refractivity contribution in [2.24, 2.45) is 0 Å². The lowest BCUT2D eigenvalue weighted by Crippen LogP contribution is -2.03. The summed E-state index contributed by atoms with van der Waals surface area (Å²) in [6.07, 6.45) is 3.66. The van der Waals surface area contributed by atoms with Crippen LogP contribution in [0, 0.1) is 0 Å². The maximum Gasteiger partial charge on any atom is 0.256 e. The summed E-state index contributed by atoms with van der Waals surface area (Å²) in [5, 5.41) is 4.48. The van der Waals surface area contributed by atoms with Crippen molar-refractivity contribution in [1.29, 1.82) is 0 Å². The molecule has 0 unspecified atom stereocenters. The molecule has 0 aliphatic carbocycles. The van der Waals surface area contributed by atoms with Gasteiger partial charge in [-0.3, -0.25) is 9.78 Å². The summed E-state index contributed by atoms with van der Waals surface area (Å²) in [5.74, 6) is -0.113. The van der Waals surface area contributed by atoms with E-state index in [1.54, 1.807) is 18.3 Å². The van der Waals surface area contributed by atoms with Gasteiger partial charge in [0.15, 0.2) is 0 Å². The Bertz CT molecular complexity index is 941. The number of nitrogens with zero attached hydrogens (tertiary/aromatic N) is 1. The van der Waals surface area contributed by atoms with Crippen molar-refractivity contribution in [3.8, 4) is 0 Å². The SMILES string of the molecule is O=C1Nc2cc(Cl)ccc2/C1=C/c1ccnc2ccccc12. The van der Waals surface area contributed by atoms with Gasteiger partial charge >= 0.3 is 0 Å². The fraction of sp³-hybridized carbons (Fsp3) is 0. The molecule has 0 fully saturated rings. The van der Waals surface area contributed by atoms with E-state index in [1.165, 1.54) is 0 Å². The Kier molecular flexibility index (Phi) is 2.94. The number of fused-ring (bicyclic) bond motifs is 2. The first kappa shape index (κ1) is 13.0. The van der Waals surface area contributed by atoms with Gasteiger partial charge in [-0.15, -0.1) is 0 Å². The molecule has 4 rings (SSSR count). The molecule has 0 radical (unpaired) electrons. The van der Waals surface area contributed by atoms with Crippen molar-refractivity contribution in [2.45, 2.75) is 0 Å². The Balaban J connectivity index is 1.91. The van der Waals surface area contributed by atoms with Crippen LogP contribution in [-0.2, 0) is 4.79 Å². The number of hydrogen-bond acceptors (Lipinski definition) is 2. The van der Waals surface area contributed by atoms with Crippen molar-refractivity contribution in [3.05, 3.63) is 70.9 Å². The van der Waals surface area contributed by atoms with Crippen LogP contribution in [-0.4, -0.2) is 10.9 Å². The summed E-state index contributed by atoms with van der Waals surface area (Å²) < 4.78 is 0. The normalized spacial score (nSPS) is 15.1. The molecule has 106 valence electrons. The molecule has 0 saturated heterocycles. The van der Waals surface area contributed by atoms with Gasteiger partial charge in [0.25, 0.3) is 5.91 Å². The Morgan fingerprint density at radius 1 is 1.09 bits per heavy atom. The van der Waals surface area contributed by atoms with Gasteiger partial charge < -0.3 is 5.32 Å². The quantitative estimate of drug-likeness (QED) is 0.678. The molecule has 1 aliphatic rings. The Labute approximate surface area is 132 Å². The van der Waals surface area contributed by atoms with Crippen LogP contribution in [0.2, 0.25) is 5.02 Å². The minimum absolute atomic E-state index is 0.113. The zero-order valence-corrected chi connectivity index (χ0v) is 12.3. The number of hydrogen-bond donors (Lipinski definition) is 1. The lowest BCUT2D eigenvalue weighted by Gasteiger charge is -2.03. The second-order valence-electron chi connectivity index (χ2n) is 5.12. The molecular weight excluding hydrogens is 296 g/mol. The van der Waals surface area contributed by atoms with Gasteiger partial charge in [0, 0.05) is 27.7 Å². The maximum atomic E-state index is 12.2. The van der Waals surface area contributed by atoms with Gasteiger partial charge in [0.1, 0.15) is 0 Å². The lowest BCUT2D eigenvalue weighted by atomic mass is 10.0. The van der Waals surface area contributed by atoms with E-state index in [0.717, 1.165) is 27.7 Å². The van der Waals surface area contributed by atoms with E-state index in [4.69, 9.17) is 11.6 Å². The molecule has 22 heavy (non-hydrogen) atoms. The van der Waals surface area contributed by atoms with E-state index in [1.807, 2.05) is 42.5 Å². The van der Waals surface area contributed by atoms with Crippen molar-refractivity contribution in [3.63, 3.8) is 0 Å². The third kappa shape index (κ3) is 2.07. The summed E-state index contributed by atoms with van der Waals surface area (Å²) in [6, 6.07) is 15.2. The van der Waals surface area contributed by atoms with E-state index in [0.29, 0.717) is 10.6 Å². The highest BCUT2D eigenvalue weighted by molar-refractivity contribution is 6.36. The van der Waals surface area contributed by atoms with Crippen molar-refractivity contribution >= 4 is 45.7 Å². The number of halogens is 1. The van der Waals surface area contributed by atoms with Crippen LogP contribution >= 0.6 is 11.6 Å². The molecular formula is C18H11ClN2O. The van der Waals surface area contributed by atoms with Crippen LogP contribution in [0.15, 0.2) is 54.7 Å². The zero-order chi connectivity index (χ0) is 15.1. The monoisotopic (exact) mass is 306 g/mol. The molecule has 1 N–H and O–H groups in total. The van der Waals surface area contributed by atoms with Crippen LogP contribution in [0.5, 0.6) is 0 Å². The van der Waals surface area contributed by atoms with E-state index in [9.17, 15) is 4.79 Å². The summed E-state index contributed by atoms with van der Waals surface area (Å²) in [6.45, 7) is 0. The topological polar surface area (TPSA) is 42.0 Å². The Morgan fingerprint density at radius 2 is 1.95 bits per heavy atom. The molecule has 2 heterocycles. The number of para-hydroxylation sites is 1. The number of benzene rings is 2. The number of anilines is 1. The lowest BCUT2D eigenvalue weighted by molar-refractivity contribution is -0.110. The number of aromatic nitrogens is 1. The number of carbonyl (C=O) groups is 1. The predicted octanol–water partition coefficient (Wildman–Crippen LogP) is 4.38. The fourth-order valence-corrected chi connectivity index (χ4v) is 2.88. The summed E-state index contributed by atoms with van der Waals surface area (Å²) in [5.41, 5.74) is 4.14. The molecule has 0 atom stereocenters. The Morgan fingerprint density at radius 3 is 2.86 bits per heavy atom. The smallest absolute Gasteiger partial charge is 0.256 e. The fourth-order valence-electron chi connectivity index (χ4n) is 2.71. The van der Waals surface area contributed by atoms with Crippen LogP contribution in [0.4, 0.5) is 5.69 Å². The molecule has 4 heteroatoms.